The zero-order valence-electron chi connectivity index (χ0n) is 14.3. The Morgan fingerprint density at radius 2 is 2.04 bits per heavy atom. The normalized spacial score (nSPS) is 12.6. The fourth-order valence-electron chi connectivity index (χ4n) is 1.61. The van der Waals surface area contributed by atoms with Gasteiger partial charge < -0.3 is 20.7 Å². The molecule has 5 N–H and O–H groups in total. The molecule has 11 heteroatoms. The van der Waals surface area contributed by atoms with Gasteiger partial charge in [-0.15, -0.1) is 5.11 Å². The molecule has 0 rings (SSSR count). The predicted octanol–water partition coefficient (Wildman–Crippen LogP) is 0.205. The van der Waals surface area contributed by atoms with E-state index >= 15 is 0 Å². The molecule has 0 atom stereocenters. The largest absolute Gasteiger partial charge is 0.386 e. The van der Waals surface area contributed by atoms with E-state index in [1.807, 2.05) is 13.8 Å². The first-order chi connectivity index (χ1) is 11.1. The lowest BCUT2D eigenvalue weighted by molar-refractivity contribution is -0.122. The van der Waals surface area contributed by atoms with Crippen molar-refractivity contribution in [2.24, 2.45) is 5.11 Å². The first-order valence-corrected chi connectivity index (χ1v) is 9.05. The third-order valence-corrected chi connectivity index (χ3v) is 3.71. The highest BCUT2D eigenvalue weighted by Gasteiger charge is 2.19. The molecule has 0 aromatic rings. The number of nitrogens with one attached hydrogen (secondary N) is 4. The van der Waals surface area contributed by atoms with Gasteiger partial charge >= 0.3 is 0 Å². The highest BCUT2D eigenvalue weighted by molar-refractivity contribution is 7.85. The molecule has 0 aromatic carbocycles. The predicted molar refractivity (Wildman–Crippen MR) is 89.0 cm³/mol. The van der Waals surface area contributed by atoms with E-state index < -0.39 is 21.5 Å². The van der Waals surface area contributed by atoms with Crippen LogP contribution in [-0.2, 0) is 19.6 Å². The Balaban J connectivity index is 3.94. The van der Waals surface area contributed by atoms with E-state index in [1.54, 1.807) is 13.2 Å². The molecular formula is C13H27N5O5S. The molecule has 10 nitrogen and oxygen atoms in total. The van der Waals surface area contributed by atoms with E-state index in [0.29, 0.717) is 25.4 Å². The van der Waals surface area contributed by atoms with Crippen molar-refractivity contribution in [2.75, 3.05) is 32.5 Å². The topological polar surface area (TPSA) is 153 Å². The van der Waals surface area contributed by atoms with Crippen LogP contribution in [0.4, 0.5) is 0 Å². The molecule has 0 bridgehead atoms. The zero-order valence-corrected chi connectivity index (χ0v) is 15.1. The lowest BCUT2D eigenvalue weighted by Gasteiger charge is -2.25. The van der Waals surface area contributed by atoms with Gasteiger partial charge in [0.05, 0.1) is 18.0 Å². The maximum absolute atomic E-state index is 11.6. The van der Waals surface area contributed by atoms with E-state index in [-0.39, 0.29) is 18.9 Å². The van der Waals surface area contributed by atoms with Crippen LogP contribution in [-0.4, -0.2) is 57.0 Å². The van der Waals surface area contributed by atoms with E-state index in [9.17, 15) is 13.2 Å². The quantitative estimate of drug-likeness (QED) is 0.177. The molecule has 0 aliphatic carbocycles. The molecule has 1 amide bonds. The van der Waals surface area contributed by atoms with Crippen LogP contribution in [0.2, 0.25) is 0 Å². The molecule has 0 radical (unpaired) electrons. The van der Waals surface area contributed by atoms with Gasteiger partial charge in [-0.25, -0.2) is 5.53 Å². The van der Waals surface area contributed by atoms with Crippen molar-refractivity contribution < 1.29 is 22.5 Å². The van der Waals surface area contributed by atoms with E-state index in [0.717, 1.165) is 0 Å². The molecule has 0 aliphatic heterocycles. The van der Waals surface area contributed by atoms with E-state index in [1.165, 1.54) is 0 Å². The van der Waals surface area contributed by atoms with Crippen molar-refractivity contribution in [3.63, 3.8) is 0 Å². The zero-order chi connectivity index (χ0) is 18.6. The minimum absolute atomic E-state index is 0.121. The van der Waals surface area contributed by atoms with E-state index in [4.69, 9.17) is 14.8 Å². The molecule has 140 valence electrons. The summed E-state index contributed by atoms with van der Waals surface area (Å²) in [6, 6.07) is 0. The van der Waals surface area contributed by atoms with Gasteiger partial charge in [0, 0.05) is 32.8 Å². The first-order valence-electron chi connectivity index (χ1n) is 7.44. The smallest absolute Gasteiger partial charge is 0.266 e. The SMILES string of the molecule is CN/C(=C/NCCOC(C)(C)CCC(=O)NCCS(=O)(=O)O)N=N. The number of carbonyl (C=O) groups excluding carboxylic acids is 1. The standard InChI is InChI=1S/C13H27N5O5S/c1-13(2,23-8-6-16-10-11(15-3)18-14)5-4-12(19)17-7-9-24(20,21)22/h10,14-16H,4-9H2,1-3H3,(H,17,19)(H,20,21,22)/b11-10-,18-14?. The summed E-state index contributed by atoms with van der Waals surface area (Å²) < 4.78 is 35.3. The number of nitrogens with zero attached hydrogens (tertiary/aromatic N) is 1. The Morgan fingerprint density at radius 1 is 1.38 bits per heavy atom. The maximum atomic E-state index is 11.6. The van der Waals surface area contributed by atoms with Crippen LogP contribution >= 0.6 is 0 Å². The van der Waals surface area contributed by atoms with Gasteiger partial charge in [-0.1, -0.05) is 0 Å². The summed E-state index contributed by atoms with van der Waals surface area (Å²) in [6.07, 6.45) is 2.21. The molecular weight excluding hydrogens is 338 g/mol. The molecule has 0 aliphatic rings. The molecule has 0 spiro atoms. The second kappa shape index (κ2) is 10.9. The van der Waals surface area contributed by atoms with Gasteiger partial charge in [0.15, 0.2) is 5.82 Å². The first kappa shape index (κ1) is 22.3. The number of ether oxygens (including phenoxy) is 1. The lowest BCUT2D eigenvalue weighted by atomic mass is 10.0. The average Bonchev–Trinajstić information content (AvgIpc) is 2.48. The summed E-state index contributed by atoms with van der Waals surface area (Å²) in [6.45, 7) is 4.51. The van der Waals surface area contributed by atoms with Crippen molar-refractivity contribution in [1.82, 2.24) is 16.0 Å². The summed E-state index contributed by atoms with van der Waals surface area (Å²) >= 11 is 0. The minimum Gasteiger partial charge on any atom is -0.386 e. The second-order valence-corrected chi connectivity index (χ2v) is 7.16. The minimum atomic E-state index is -4.06. The van der Waals surface area contributed by atoms with Crippen molar-refractivity contribution >= 4 is 16.0 Å². The van der Waals surface area contributed by atoms with Crippen LogP contribution in [0.25, 0.3) is 0 Å². The fourth-order valence-corrected chi connectivity index (χ4v) is 1.97. The maximum Gasteiger partial charge on any atom is 0.266 e. The van der Waals surface area contributed by atoms with Crippen molar-refractivity contribution in [3.8, 4) is 0 Å². The molecule has 0 fully saturated rings. The second-order valence-electron chi connectivity index (χ2n) is 5.59. The fraction of sp³-hybridized carbons (Fsp3) is 0.769. The van der Waals surface area contributed by atoms with Crippen LogP contribution in [0.1, 0.15) is 26.7 Å². The molecule has 0 aromatic heterocycles. The summed E-state index contributed by atoms with van der Waals surface area (Å²) in [7, 11) is -2.41. The molecule has 0 saturated heterocycles. The third kappa shape index (κ3) is 12.8. The Bertz CT molecular complexity index is 533. The number of hydrogen-bond donors (Lipinski definition) is 5. The average molecular weight is 365 g/mol. The lowest BCUT2D eigenvalue weighted by Crippen LogP contribution is -2.33. The number of amides is 1. The molecule has 0 heterocycles. The Kier molecular flexibility index (Phi) is 10.2. The summed E-state index contributed by atoms with van der Waals surface area (Å²) in [5, 5.41) is 11.3. The van der Waals surface area contributed by atoms with Crippen LogP contribution in [0.15, 0.2) is 17.1 Å². The number of hydrogen-bond acceptors (Lipinski definition) is 8. The van der Waals surface area contributed by atoms with Crippen molar-refractivity contribution in [2.45, 2.75) is 32.3 Å². The van der Waals surface area contributed by atoms with Gasteiger partial charge in [0.1, 0.15) is 0 Å². The number of carbonyl (C=O) groups is 1. The Morgan fingerprint density at radius 3 is 2.58 bits per heavy atom. The summed E-state index contributed by atoms with van der Waals surface area (Å²) in [5.74, 6) is -0.403. The molecule has 24 heavy (non-hydrogen) atoms. The van der Waals surface area contributed by atoms with E-state index in [2.05, 4.69) is 21.1 Å². The van der Waals surface area contributed by atoms with Gasteiger partial charge in [-0.05, 0) is 20.3 Å². The Labute approximate surface area is 142 Å². The van der Waals surface area contributed by atoms with Gasteiger partial charge in [-0.3, -0.25) is 9.35 Å². The molecule has 0 unspecified atom stereocenters. The summed E-state index contributed by atoms with van der Waals surface area (Å²) in [4.78, 5) is 11.6. The van der Waals surface area contributed by atoms with Gasteiger partial charge in [0.25, 0.3) is 10.1 Å². The van der Waals surface area contributed by atoms with Crippen LogP contribution in [0.3, 0.4) is 0 Å². The monoisotopic (exact) mass is 365 g/mol. The molecule has 0 saturated carbocycles. The van der Waals surface area contributed by atoms with Crippen LogP contribution in [0, 0.1) is 5.53 Å². The summed E-state index contributed by atoms with van der Waals surface area (Å²) in [5.41, 5.74) is 6.34. The highest BCUT2D eigenvalue weighted by Crippen LogP contribution is 2.16. The van der Waals surface area contributed by atoms with Crippen molar-refractivity contribution in [3.05, 3.63) is 12.0 Å². The van der Waals surface area contributed by atoms with Gasteiger partial charge in [-0.2, -0.15) is 8.42 Å². The van der Waals surface area contributed by atoms with Gasteiger partial charge in [0.2, 0.25) is 5.91 Å². The third-order valence-electron chi connectivity index (χ3n) is 2.99. The van der Waals surface area contributed by atoms with Crippen LogP contribution in [0.5, 0.6) is 0 Å². The Hall–Kier alpha value is -1.72. The number of rotatable bonds is 13. The van der Waals surface area contributed by atoms with Crippen LogP contribution < -0.4 is 16.0 Å². The highest BCUT2D eigenvalue weighted by atomic mass is 32.2. The van der Waals surface area contributed by atoms with Crippen molar-refractivity contribution in [1.29, 1.82) is 5.53 Å².